The molecule has 0 aliphatic rings. The van der Waals surface area contributed by atoms with E-state index in [0.717, 1.165) is 36.4 Å². The van der Waals surface area contributed by atoms with E-state index >= 15 is 0 Å². The van der Waals surface area contributed by atoms with Gasteiger partial charge in [-0.1, -0.05) is 0 Å². The third-order valence-electron chi connectivity index (χ3n) is 2.72. The van der Waals surface area contributed by atoms with Crippen molar-refractivity contribution in [2.24, 2.45) is 0 Å². The number of halogens is 2. The molecule has 0 amide bonds. The molecular weight excluding hydrogens is 270 g/mol. The summed E-state index contributed by atoms with van der Waals surface area (Å²) in [6, 6.07) is 5.79. The molecule has 2 rings (SSSR count). The maximum absolute atomic E-state index is 13.7. The minimum atomic E-state index is -1.29. The van der Waals surface area contributed by atoms with Crippen LogP contribution in [0.25, 0.3) is 11.1 Å². The Kier molecular flexibility index (Phi) is 3.47. The van der Waals surface area contributed by atoms with Gasteiger partial charge in [-0.3, -0.25) is 0 Å². The number of hydrogen-bond donors (Lipinski definition) is 2. The van der Waals surface area contributed by atoms with E-state index in [-0.39, 0.29) is 22.3 Å². The van der Waals surface area contributed by atoms with Gasteiger partial charge < -0.3 is 10.2 Å². The topological polar surface area (TPSA) is 74.6 Å². The summed E-state index contributed by atoms with van der Waals surface area (Å²) in [4.78, 5) is 21.7. The molecule has 0 saturated carbocycles. The second kappa shape index (κ2) is 5.08. The number of rotatable bonds is 3. The highest BCUT2D eigenvalue weighted by Crippen LogP contribution is 2.27. The fourth-order valence-corrected chi connectivity index (χ4v) is 1.73. The van der Waals surface area contributed by atoms with Crippen LogP contribution < -0.4 is 0 Å². The zero-order valence-corrected chi connectivity index (χ0v) is 9.93. The summed E-state index contributed by atoms with van der Waals surface area (Å²) < 4.78 is 27.4. The molecule has 2 aromatic carbocycles. The Bertz CT molecular complexity index is 649. The Morgan fingerprint density at radius 1 is 0.750 bits per heavy atom. The maximum atomic E-state index is 13.7. The van der Waals surface area contributed by atoms with Gasteiger partial charge in [0.25, 0.3) is 0 Å². The average Bonchev–Trinajstić information content (AvgIpc) is 2.39. The van der Waals surface area contributed by atoms with E-state index in [1.165, 1.54) is 0 Å². The van der Waals surface area contributed by atoms with Gasteiger partial charge in [0.2, 0.25) is 0 Å². The van der Waals surface area contributed by atoms with E-state index < -0.39 is 23.6 Å². The van der Waals surface area contributed by atoms with Gasteiger partial charge in [0.1, 0.15) is 11.6 Å². The second-order valence-electron chi connectivity index (χ2n) is 4.00. The van der Waals surface area contributed by atoms with Crippen LogP contribution in [0, 0.1) is 11.6 Å². The monoisotopic (exact) mass is 278 g/mol. The van der Waals surface area contributed by atoms with E-state index in [1.54, 1.807) is 0 Å². The smallest absolute Gasteiger partial charge is 0.335 e. The number of carbonyl (C=O) groups is 2. The van der Waals surface area contributed by atoms with Crippen LogP contribution in [0.4, 0.5) is 8.78 Å². The van der Waals surface area contributed by atoms with Gasteiger partial charge in [-0.15, -0.1) is 0 Å². The van der Waals surface area contributed by atoms with Gasteiger partial charge in [0.05, 0.1) is 11.1 Å². The number of hydrogen-bond acceptors (Lipinski definition) is 2. The highest BCUT2D eigenvalue weighted by molar-refractivity contribution is 5.91. The Morgan fingerprint density at radius 2 is 1.10 bits per heavy atom. The minimum Gasteiger partial charge on any atom is -0.478 e. The molecular formula is C14H8F2O4. The molecule has 0 aromatic heterocycles. The zero-order chi connectivity index (χ0) is 14.9. The molecule has 0 radical (unpaired) electrons. The third kappa shape index (κ3) is 2.49. The van der Waals surface area contributed by atoms with Crippen LogP contribution in [0.5, 0.6) is 0 Å². The molecule has 0 fully saturated rings. The first-order valence-electron chi connectivity index (χ1n) is 5.46. The maximum Gasteiger partial charge on any atom is 0.335 e. The molecule has 0 atom stereocenters. The summed E-state index contributed by atoms with van der Waals surface area (Å²) in [5.74, 6) is -4.25. The van der Waals surface area contributed by atoms with Gasteiger partial charge in [-0.25, -0.2) is 18.4 Å². The molecule has 0 unspecified atom stereocenters. The predicted octanol–water partition coefficient (Wildman–Crippen LogP) is 3.03. The molecule has 0 bridgehead atoms. The molecule has 2 aromatic rings. The molecule has 0 spiro atoms. The molecule has 102 valence electrons. The SMILES string of the molecule is O=C(O)c1ccc(F)c(-c2cc(C(=O)O)ccc2F)c1. The van der Waals surface area contributed by atoms with E-state index in [1.807, 2.05) is 0 Å². The van der Waals surface area contributed by atoms with Crippen LogP contribution in [0.2, 0.25) is 0 Å². The van der Waals surface area contributed by atoms with Crippen molar-refractivity contribution in [1.82, 2.24) is 0 Å². The number of carboxylic acid groups (broad SMARTS) is 2. The van der Waals surface area contributed by atoms with Gasteiger partial charge in [-0.2, -0.15) is 0 Å². The van der Waals surface area contributed by atoms with Crippen molar-refractivity contribution in [2.45, 2.75) is 0 Å². The van der Waals surface area contributed by atoms with Crippen molar-refractivity contribution in [3.05, 3.63) is 59.2 Å². The number of aromatic carboxylic acids is 2. The third-order valence-corrected chi connectivity index (χ3v) is 2.72. The minimum absolute atomic E-state index is 0.221. The Morgan fingerprint density at radius 3 is 1.40 bits per heavy atom. The first-order chi connectivity index (χ1) is 9.40. The quantitative estimate of drug-likeness (QED) is 0.905. The average molecular weight is 278 g/mol. The van der Waals surface area contributed by atoms with Crippen LogP contribution >= 0.6 is 0 Å². The van der Waals surface area contributed by atoms with Gasteiger partial charge in [0.15, 0.2) is 0 Å². The summed E-state index contributed by atoms with van der Waals surface area (Å²) in [6.07, 6.45) is 0. The Labute approximate surface area is 111 Å². The lowest BCUT2D eigenvalue weighted by atomic mass is 10.00. The van der Waals surface area contributed by atoms with Crippen molar-refractivity contribution >= 4 is 11.9 Å². The summed E-state index contributed by atoms with van der Waals surface area (Å²) in [7, 11) is 0. The van der Waals surface area contributed by atoms with Gasteiger partial charge in [0, 0.05) is 11.1 Å². The van der Waals surface area contributed by atoms with Crippen molar-refractivity contribution < 1.29 is 28.6 Å². The normalized spacial score (nSPS) is 10.3. The van der Waals surface area contributed by atoms with Crippen LogP contribution in [0.1, 0.15) is 20.7 Å². The fraction of sp³-hybridized carbons (Fsp3) is 0. The Hall–Kier alpha value is -2.76. The molecule has 0 heterocycles. The number of benzene rings is 2. The molecule has 4 nitrogen and oxygen atoms in total. The van der Waals surface area contributed by atoms with Crippen molar-refractivity contribution in [3.8, 4) is 11.1 Å². The van der Waals surface area contributed by atoms with Gasteiger partial charge in [-0.05, 0) is 36.4 Å². The van der Waals surface area contributed by atoms with Crippen LogP contribution in [-0.4, -0.2) is 22.2 Å². The molecule has 0 aliphatic carbocycles. The van der Waals surface area contributed by atoms with Crippen molar-refractivity contribution in [2.75, 3.05) is 0 Å². The standard InChI is InChI=1S/C14H8F2O4/c15-11-3-1-7(13(17)18)5-9(11)10-6-8(14(19)20)2-4-12(10)16/h1-6H,(H,17,18)(H,19,20). The van der Waals surface area contributed by atoms with Crippen LogP contribution in [0.3, 0.4) is 0 Å². The Balaban J connectivity index is 2.67. The lowest BCUT2D eigenvalue weighted by Gasteiger charge is -2.07. The van der Waals surface area contributed by atoms with E-state index in [2.05, 4.69) is 0 Å². The van der Waals surface area contributed by atoms with Crippen LogP contribution in [0.15, 0.2) is 36.4 Å². The van der Waals surface area contributed by atoms with E-state index in [0.29, 0.717) is 0 Å². The first kappa shape index (κ1) is 13.7. The summed E-state index contributed by atoms with van der Waals surface area (Å²) in [6.45, 7) is 0. The van der Waals surface area contributed by atoms with E-state index in [9.17, 15) is 18.4 Å². The molecule has 2 N–H and O–H groups in total. The summed E-state index contributed by atoms with van der Waals surface area (Å²) in [5.41, 5.74) is -1.04. The van der Waals surface area contributed by atoms with Crippen molar-refractivity contribution in [3.63, 3.8) is 0 Å². The van der Waals surface area contributed by atoms with Gasteiger partial charge >= 0.3 is 11.9 Å². The lowest BCUT2D eigenvalue weighted by molar-refractivity contribution is 0.0686. The lowest BCUT2D eigenvalue weighted by Crippen LogP contribution is -2.01. The van der Waals surface area contributed by atoms with Crippen molar-refractivity contribution in [1.29, 1.82) is 0 Å². The van der Waals surface area contributed by atoms with Crippen LogP contribution in [-0.2, 0) is 0 Å². The summed E-state index contributed by atoms with van der Waals surface area (Å²) >= 11 is 0. The molecule has 20 heavy (non-hydrogen) atoms. The number of carboxylic acids is 2. The molecule has 6 heteroatoms. The highest BCUT2D eigenvalue weighted by Gasteiger charge is 2.15. The highest BCUT2D eigenvalue weighted by atomic mass is 19.1. The first-order valence-corrected chi connectivity index (χ1v) is 5.46. The fourth-order valence-electron chi connectivity index (χ4n) is 1.73. The molecule has 0 saturated heterocycles. The largest absolute Gasteiger partial charge is 0.478 e. The van der Waals surface area contributed by atoms with E-state index in [4.69, 9.17) is 10.2 Å². The zero-order valence-electron chi connectivity index (χ0n) is 9.93. The summed E-state index contributed by atoms with van der Waals surface area (Å²) in [5, 5.41) is 17.7. The molecule has 0 aliphatic heterocycles. The second-order valence-corrected chi connectivity index (χ2v) is 4.00. The predicted molar refractivity (Wildman–Crippen MR) is 65.7 cm³/mol.